The molecule has 3 nitrogen and oxygen atoms in total. The third-order valence-electron chi connectivity index (χ3n) is 3.96. The quantitative estimate of drug-likeness (QED) is 0.820. The van der Waals surface area contributed by atoms with Crippen molar-refractivity contribution in [1.29, 1.82) is 0 Å². The molecule has 0 atom stereocenters. The summed E-state index contributed by atoms with van der Waals surface area (Å²) in [5.74, 6) is 0.253. The fourth-order valence-corrected chi connectivity index (χ4v) is 3.17. The molecule has 1 aromatic carbocycles. The van der Waals surface area contributed by atoms with E-state index in [1.54, 1.807) is 11.3 Å². The molecule has 0 radical (unpaired) electrons. The highest BCUT2D eigenvalue weighted by atomic mass is 32.1. The predicted molar refractivity (Wildman–Crippen MR) is 85.4 cm³/mol. The van der Waals surface area contributed by atoms with Gasteiger partial charge in [-0.15, -0.1) is 11.3 Å². The summed E-state index contributed by atoms with van der Waals surface area (Å²) in [6.07, 6.45) is 5.51. The number of nitrogens with zero attached hydrogens (tertiary/aromatic N) is 2. The number of amides is 1. The Balaban J connectivity index is 1.63. The number of rotatable bonds is 6. The van der Waals surface area contributed by atoms with Crippen molar-refractivity contribution < 1.29 is 4.79 Å². The van der Waals surface area contributed by atoms with Crippen LogP contribution in [0.5, 0.6) is 0 Å². The minimum Gasteiger partial charge on any atom is -0.339 e. The van der Waals surface area contributed by atoms with Gasteiger partial charge in [-0.25, -0.2) is 4.98 Å². The minimum atomic E-state index is 0.253. The summed E-state index contributed by atoms with van der Waals surface area (Å²) in [5, 5.41) is 3.11. The van der Waals surface area contributed by atoms with Crippen molar-refractivity contribution in [3.8, 4) is 0 Å². The average Bonchev–Trinajstić information content (AvgIpc) is 3.17. The zero-order valence-corrected chi connectivity index (χ0v) is 13.1. The SMILES string of the molecule is Cc1ccccc1CC(=O)N(CCc1nccs1)C1CC1. The molecular formula is C17H20N2OS. The first-order valence-corrected chi connectivity index (χ1v) is 8.34. The van der Waals surface area contributed by atoms with Gasteiger partial charge >= 0.3 is 0 Å². The Morgan fingerprint density at radius 2 is 2.19 bits per heavy atom. The summed E-state index contributed by atoms with van der Waals surface area (Å²) in [7, 11) is 0. The van der Waals surface area contributed by atoms with Gasteiger partial charge in [-0.05, 0) is 30.9 Å². The van der Waals surface area contributed by atoms with E-state index < -0.39 is 0 Å². The summed E-state index contributed by atoms with van der Waals surface area (Å²) < 4.78 is 0. The van der Waals surface area contributed by atoms with Crippen LogP contribution in [0.4, 0.5) is 0 Å². The molecule has 21 heavy (non-hydrogen) atoms. The van der Waals surface area contributed by atoms with Gasteiger partial charge in [0, 0.05) is 30.6 Å². The number of aryl methyl sites for hydroxylation is 1. The van der Waals surface area contributed by atoms with E-state index in [4.69, 9.17) is 0 Å². The van der Waals surface area contributed by atoms with Crippen LogP contribution in [0.25, 0.3) is 0 Å². The maximum Gasteiger partial charge on any atom is 0.227 e. The Morgan fingerprint density at radius 3 is 2.86 bits per heavy atom. The van der Waals surface area contributed by atoms with E-state index in [-0.39, 0.29) is 5.91 Å². The van der Waals surface area contributed by atoms with Crippen molar-refractivity contribution in [2.24, 2.45) is 0 Å². The maximum atomic E-state index is 12.6. The number of hydrogen-bond donors (Lipinski definition) is 0. The Hall–Kier alpha value is -1.68. The van der Waals surface area contributed by atoms with Gasteiger partial charge in [0.1, 0.15) is 0 Å². The summed E-state index contributed by atoms with van der Waals surface area (Å²) in [4.78, 5) is 19.0. The Bertz CT molecular complexity index is 605. The highest BCUT2D eigenvalue weighted by molar-refractivity contribution is 7.09. The number of carbonyl (C=O) groups is 1. The lowest BCUT2D eigenvalue weighted by molar-refractivity contribution is -0.131. The van der Waals surface area contributed by atoms with Gasteiger partial charge < -0.3 is 4.90 Å². The molecule has 0 saturated heterocycles. The van der Waals surface area contributed by atoms with Crippen LogP contribution in [0.3, 0.4) is 0 Å². The molecule has 1 heterocycles. The lowest BCUT2D eigenvalue weighted by Crippen LogP contribution is -2.36. The van der Waals surface area contributed by atoms with Crippen molar-refractivity contribution >= 4 is 17.2 Å². The fourth-order valence-electron chi connectivity index (χ4n) is 2.56. The number of hydrogen-bond acceptors (Lipinski definition) is 3. The van der Waals surface area contributed by atoms with E-state index >= 15 is 0 Å². The van der Waals surface area contributed by atoms with Crippen LogP contribution in [0.1, 0.15) is 29.0 Å². The third kappa shape index (κ3) is 3.70. The van der Waals surface area contributed by atoms with Crippen LogP contribution in [0.2, 0.25) is 0 Å². The largest absolute Gasteiger partial charge is 0.339 e. The molecule has 1 fully saturated rings. The second kappa shape index (κ2) is 6.39. The van der Waals surface area contributed by atoms with Crippen LogP contribution in [-0.4, -0.2) is 28.4 Å². The molecule has 1 amide bonds. The topological polar surface area (TPSA) is 33.2 Å². The fraction of sp³-hybridized carbons (Fsp3) is 0.412. The molecule has 0 unspecified atom stereocenters. The van der Waals surface area contributed by atoms with E-state index in [2.05, 4.69) is 28.9 Å². The average molecular weight is 300 g/mol. The van der Waals surface area contributed by atoms with Crippen molar-refractivity contribution in [3.05, 3.63) is 52.0 Å². The molecule has 0 bridgehead atoms. The molecule has 1 aliphatic rings. The molecule has 2 aromatic rings. The van der Waals surface area contributed by atoms with Gasteiger partial charge in [-0.3, -0.25) is 4.79 Å². The van der Waals surface area contributed by atoms with Crippen LogP contribution in [0, 0.1) is 6.92 Å². The molecule has 110 valence electrons. The Morgan fingerprint density at radius 1 is 1.38 bits per heavy atom. The first-order chi connectivity index (χ1) is 10.2. The van der Waals surface area contributed by atoms with Crippen LogP contribution in [-0.2, 0) is 17.6 Å². The standard InChI is InChI=1S/C17H20N2OS/c1-13-4-2-3-5-14(13)12-17(20)19(15-6-7-15)10-8-16-18-9-11-21-16/h2-5,9,11,15H,6-8,10,12H2,1H3. The zero-order chi connectivity index (χ0) is 14.7. The van der Waals surface area contributed by atoms with Gasteiger partial charge in [0.25, 0.3) is 0 Å². The number of benzene rings is 1. The molecule has 1 saturated carbocycles. The Labute approximate surface area is 129 Å². The highest BCUT2D eigenvalue weighted by Crippen LogP contribution is 2.28. The molecular weight excluding hydrogens is 280 g/mol. The third-order valence-corrected chi connectivity index (χ3v) is 4.80. The van der Waals surface area contributed by atoms with E-state index in [1.807, 2.05) is 23.7 Å². The van der Waals surface area contributed by atoms with Gasteiger partial charge in [-0.2, -0.15) is 0 Å². The second-order valence-electron chi connectivity index (χ2n) is 5.60. The smallest absolute Gasteiger partial charge is 0.227 e. The monoisotopic (exact) mass is 300 g/mol. The van der Waals surface area contributed by atoms with Crippen molar-refractivity contribution in [2.45, 2.75) is 38.6 Å². The van der Waals surface area contributed by atoms with Gasteiger partial charge in [-0.1, -0.05) is 24.3 Å². The van der Waals surface area contributed by atoms with Gasteiger partial charge in [0.05, 0.1) is 11.4 Å². The minimum absolute atomic E-state index is 0.253. The summed E-state index contributed by atoms with van der Waals surface area (Å²) in [6.45, 7) is 2.86. The first kappa shape index (κ1) is 14.3. The number of aromatic nitrogens is 1. The lowest BCUT2D eigenvalue weighted by Gasteiger charge is -2.22. The summed E-state index contributed by atoms with van der Waals surface area (Å²) in [5.41, 5.74) is 2.34. The van der Waals surface area contributed by atoms with Crippen LogP contribution in [0.15, 0.2) is 35.8 Å². The van der Waals surface area contributed by atoms with E-state index in [9.17, 15) is 4.79 Å². The van der Waals surface area contributed by atoms with Crippen LogP contribution >= 0.6 is 11.3 Å². The Kier molecular flexibility index (Phi) is 4.34. The van der Waals surface area contributed by atoms with Crippen molar-refractivity contribution in [2.75, 3.05) is 6.54 Å². The maximum absolute atomic E-state index is 12.6. The van der Waals surface area contributed by atoms with Crippen molar-refractivity contribution in [3.63, 3.8) is 0 Å². The molecule has 1 aliphatic carbocycles. The highest BCUT2D eigenvalue weighted by Gasteiger charge is 2.32. The van der Waals surface area contributed by atoms with Gasteiger partial charge in [0.15, 0.2) is 0 Å². The second-order valence-corrected chi connectivity index (χ2v) is 6.58. The van der Waals surface area contributed by atoms with Crippen LogP contribution < -0.4 is 0 Å². The molecule has 1 aromatic heterocycles. The van der Waals surface area contributed by atoms with E-state index in [0.717, 1.165) is 36.4 Å². The van der Waals surface area contributed by atoms with Gasteiger partial charge in [0.2, 0.25) is 5.91 Å². The predicted octanol–water partition coefficient (Wildman–Crippen LogP) is 3.23. The molecule has 0 aliphatic heterocycles. The molecule has 0 N–H and O–H groups in total. The van der Waals surface area contributed by atoms with E-state index in [1.165, 1.54) is 5.56 Å². The summed E-state index contributed by atoms with van der Waals surface area (Å²) in [6, 6.07) is 8.61. The lowest BCUT2D eigenvalue weighted by atomic mass is 10.1. The summed E-state index contributed by atoms with van der Waals surface area (Å²) >= 11 is 1.67. The zero-order valence-electron chi connectivity index (χ0n) is 12.3. The normalized spacial score (nSPS) is 14.1. The molecule has 4 heteroatoms. The molecule has 3 rings (SSSR count). The number of carbonyl (C=O) groups excluding carboxylic acids is 1. The molecule has 0 spiro atoms. The van der Waals surface area contributed by atoms with E-state index in [0.29, 0.717) is 12.5 Å². The number of thiazole rings is 1. The van der Waals surface area contributed by atoms with Crippen molar-refractivity contribution in [1.82, 2.24) is 9.88 Å². The first-order valence-electron chi connectivity index (χ1n) is 7.46.